The fraction of sp³-hybridized carbons (Fsp3) is 0.217. The van der Waals surface area contributed by atoms with E-state index in [1.165, 1.54) is 14.2 Å². The first-order valence-corrected chi connectivity index (χ1v) is 9.24. The molecule has 8 heteroatoms. The fourth-order valence-electron chi connectivity index (χ4n) is 3.30. The zero-order valence-corrected chi connectivity index (χ0v) is 18.0. The van der Waals surface area contributed by atoms with Crippen LogP contribution in [-0.4, -0.2) is 40.5 Å². The number of nitrogen functional groups attached to an aromatic ring is 1. The Morgan fingerprint density at radius 1 is 0.742 bits per heavy atom. The molecular formula is C23H23N3O5. The smallest absolute Gasteiger partial charge is 0.142 e. The molecule has 1 heterocycles. The number of hydrogen-bond acceptors (Lipinski definition) is 8. The number of nitriles is 1. The molecule has 3 rings (SSSR count). The standard InChI is InChI=1S/C23H23N3O5/c1-27-13-6-7-19(29-3)16(8-13)18-11-15(17(12-24)23(25)26-18)22-20(30-4)9-14(28-2)10-21(22)31-5/h6-11H,1-5H3,(H2,25,26). The molecule has 0 aliphatic rings. The monoisotopic (exact) mass is 421 g/mol. The van der Waals surface area contributed by atoms with Crippen molar-refractivity contribution in [3.8, 4) is 57.2 Å². The lowest BCUT2D eigenvalue weighted by Gasteiger charge is -2.18. The van der Waals surface area contributed by atoms with E-state index in [0.29, 0.717) is 51.1 Å². The molecule has 0 aliphatic heterocycles. The van der Waals surface area contributed by atoms with Crippen molar-refractivity contribution >= 4 is 5.82 Å². The number of methoxy groups -OCH3 is 5. The predicted octanol–water partition coefficient (Wildman–Crippen LogP) is 3.91. The van der Waals surface area contributed by atoms with E-state index in [2.05, 4.69) is 11.1 Å². The number of anilines is 1. The highest BCUT2D eigenvalue weighted by Gasteiger charge is 2.22. The minimum Gasteiger partial charge on any atom is -0.497 e. The van der Waals surface area contributed by atoms with Crippen molar-refractivity contribution in [1.29, 1.82) is 5.26 Å². The molecule has 0 atom stereocenters. The molecule has 1 aromatic heterocycles. The second-order valence-corrected chi connectivity index (χ2v) is 6.40. The van der Waals surface area contributed by atoms with Gasteiger partial charge in [-0.15, -0.1) is 0 Å². The molecule has 0 fully saturated rings. The van der Waals surface area contributed by atoms with Crippen LogP contribution in [0.15, 0.2) is 36.4 Å². The Labute approximate surface area is 180 Å². The van der Waals surface area contributed by atoms with Gasteiger partial charge in [-0.2, -0.15) is 5.26 Å². The highest BCUT2D eigenvalue weighted by atomic mass is 16.5. The number of rotatable bonds is 7. The largest absolute Gasteiger partial charge is 0.497 e. The van der Waals surface area contributed by atoms with Gasteiger partial charge in [-0.25, -0.2) is 4.98 Å². The number of ether oxygens (including phenoxy) is 5. The molecule has 8 nitrogen and oxygen atoms in total. The minimum absolute atomic E-state index is 0.0693. The van der Waals surface area contributed by atoms with Crippen molar-refractivity contribution in [3.05, 3.63) is 42.0 Å². The summed E-state index contributed by atoms with van der Waals surface area (Å²) in [7, 11) is 7.74. The number of aromatic nitrogens is 1. The fourth-order valence-corrected chi connectivity index (χ4v) is 3.30. The first-order chi connectivity index (χ1) is 15.0. The Morgan fingerprint density at radius 2 is 1.35 bits per heavy atom. The van der Waals surface area contributed by atoms with Gasteiger partial charge in [0.2, 0.25) is 0 Å². The summed E-state index contributed by atoms with van der Waals surface area (Å²) in [5.41, 5.74) is 8.62. The van der Waals surface area contributed by atoms with Gasteiger partial charge < -0.3 is 29.4 Å². The van der Waals surface area contributed by atoms with Gasteiger partial charge in [-0.3, -0.25) is 0 Å². The predicted molar refractivity (Wildman–Crippen MR) is 117 cm³/mol. The third-order valence-corrected chi connectivity index (χ3v) is 4.83. The van der Waals surface area contributed by atoms with Crippen molar-refractivity contribution < 1.29 is 23.7 Å². The van der Waals surface area contributed by atoms with E-state index in [9.17, 15) is 5.26 Å². The lowest BCUT2D eigenvalue weighted by atomic mass is 9.96. The highest BCUT2D eigenvalue weighted by Crippen LogP contribution is 2.45. The molecule has 0 amide bonds. The third-order valence-electron chi connectivity index (χ3n) is 4.83. The molecule has 0 radical (unpaired) electrons. The SMILES string of the molecule is COc1cc(OC)c(-c2cc(-c3cc(OC)ccc3OC)nc(N)c2C#N)c(OC)c1. The average molecular weight is 421 g/mol. The number of nitrogens with two attached hydrogens (primary N) is 1. The average Bonchev–Trinajstić information content (AvgIpc) is 2.81. The molecule has 0 aliphatic carbocycles. The molecule has 2 aromatic carbocycles. The highest BCUT2D eigenvalue weighted by molar-refractivity contribution is 5.87. The van der Waals surface area contributed by atoms with Crippen molar-refractivity contribution in [3.63, 3.8) is 0 Å². The van der Waals surface area contributed by atoms with Crippen molar-refractivity contribution in [1.82, 2.24) is 4.98 Å². The molecule has 0 bridgehead atoms. The van der Waals surface area contributed by atoms with Crippen LogP contribution >= 0.6 is 0 Å². The molecule has 0 saturated heterocycles. The second-order valence-electron chi connectivity index (χ2n) is 6.40. The third kappa shape index (κ3) is 3.98. The second kappa shape index (κ2) is 9.13. The summed E-state index contributed by atoms with van der Waals surface area (Å²) in [6.45, 7) is 0. The first kappa shape index (κ1) is 21.6. The number of pyridine rings is 1. The summed E-state index contributed by atoms with van der Waals surface area (Å²) in [6, 6.07) is 12.7. The van der Waals surface area contributed by atoms with Crippen LogP contribution in [0.1, 0.15) is 5.56 Å². The summed E-state index contributed by atoms with van der Waals surface area (Å²) in [6.07, 6.45) is 0. The maximum absolute atomic E-state index is 9.81. The van der Waals surface area contributed by atoms with E-state index in [0.717, 1.165) is 0 Å². The summed E-state index contributed by atoms with van der Waals surface area (Å²) in [4.78, 5) is 4.44. The summed E-state index contributed by atoms with van der Waals surface area (Å²) in [5.74, 6) is 2.75. The molecule has 3 aromatic rings. The van der Waals surface area contributed by atoms with Gasteiger partial charge in [0, 0.05) is 23.3 Å². The van der Waals surface area contributed by atoms with E-state index in [4.69, 9.17) is 29.4 Å². The quantitative estimate of drug-likeness (QED) is 0.612. The topological polar surface area (TPSA) is 109 Å². The number of hydrogen-bond donors (Lipinski definition) is 1. The van der Waals surface area contributed by atoms with Gasteiger partial charge >= 0.3 is 0 Å². The van der Waals surface area contributed by atoms with E-state index in [1.54, 1.807) is 57.7 Å². The summed E-state index contributed by atoms with van der Waals surface area (Å²) >= 11 is 0. The van der Waals surface area contributed by atoms with Gasteiger partial charge in [0.05, 0.1) is 46.8 Å². The normalized spacial score (nSPS) is 10.2. The van der Waals surface area contributed by atoms with Crippen molar-refractivity contribution in [2.24, 2.45) is 0 Å². The zero-order chi connectivity index (χ0) is 22.5. The van der Waals surface area contributed by atoms with Gasteiger partial charge in [0.15, 0.2) is 0 Å². The van der Waals surface area contributed by atoms with Crippen LogP contribution in [0.2, 0.25) is 0 Å². The van der Waals surface area contributed by atoms with E-state index in [1.807, 2.05) is 0 Å². The Kier molecular flexibility index (Phi) is 6.36. The lowest BCUT2D eigenvalue weighted by Crippen LogP contribution is -2.03. The zero-order valence-electron chi connectivity index (χ0n) is 18.0. The molecule has 0 unspecified atom stereocenters. The van der Waals surface area contributed by atoms with Crippen LogP contribution in [0.3, 0.4) is 0 Å². The van der Waals surface area contributed by atoms with Crippen LogP contribution in [0.25, 0.3) is 22.4 Å². The van der Waals surface area contributed by atoms with E-state index >= 15 is 0 Å². The molecule has 2 N–H and O–H groups in total. The van der Waals surface area contributed by atoms with E-state index < -0.39 is 0 Å². The Hall–Kier alpha value is -4.12. The lowest BCUT2D eigenvalue weighted by molar-refractivity contribution is 0.377. The van der Waals surface area contributed by atoms with Crippen LogP contribution in [0.5, 0.6) is 28.7 Å². The Balaban J connectivity index is 2.37. The molecular weight excluding hydrogens is 398 g/mol. The van der Waals surface area contributed by atoms with E-state index in [-0.39, 0.29) is 11.4 Å². The number of nitrogens with zero attached hydrogens (tertiary/aromatic N) is 2. The van der Waals surface area contributed by atoms with Crippen molar-refractivity contribution in [2.75, 3.05) is 41.3 Å². The summed E-state index contributed by atoms with van der Waals surface area (Å²) < 4.78 is 27.3. The van der Waals surface area contributed by atoms with Crippen molar-refractivity contribution in [2.45, 2.75) is 0 Å². The van der Waals surface area contributed by atoms with Crippen LogP contribution in [0, 0.1) is 11.3 Å². The molecule has 0 saturated carbocycles. The van der Waals surface area contributed by atoms with Crippen LogP contribution in [0.4, 0.5) is 5.82 Å². The van der Waals surface area contributed by atoms with Gasteiger partial charge in [-0.05, 0) is 24.3 Å². The molecule has 160 valence electrons. The molecule has 31 heavy (non-hydrogen) atoms. The van der Waals surface area contributed by atoms with Gasteiger partial charge in [0.25, 0.3) is 0 Å². The Bertz CT molecular complexity index is 1130. The Morgan fingerprint density at radius 3 is 1.87 bits per heavy atom. The number of benzene rings is 2. The van der Waals surface area contributed by atoms with Gasteiger partial charge in [0.1, 0.15) is 46.2 Å². The minimum atomic E-state index is 0.0693. The maximum Gasteiger partial charge on any atom is 0.142 e. The first-order valence-electron chi connectivity index (χ1n) is 9.24. The molecule has 0 spiro atoms. The van der Waals surface area contributed by atoms with Crippen LogP contribution in [-0.2, 0) is 0 Å². The van der Waals surface area contributed by atoms with Gasteiger partial charge in [-0.1, -0.05) is 0 Å². The summed E-state index contributed by atoms with van der Waals surface area (Å²) in [5, 5.41) is 9.81. The maximum atomic E-state index is 9.81. The van der Waals surface area contributed by atoms with Crippen LogP contribution < -0.4 is 29.4 Å².